The first-order valence-corrected chi connectivity index (χ1v) is 8.76. The van der Waals surface area contributed by atoms with E-state index >= 15 is 0 Å². The third kappa shape index (κ3) is 3.00. The van der Waals surface area contributed by atoms with Gasteiger partial charge < -0.3 is 9.88 Å². The molecule has 0 radical (unpaired) electrons. The Morgan fingerprint density at radius 2 is 1.75 bits per heavy atom. The average Bonchev–Trinajstić information content (AvgIpc) is 3.08. The van der Waals surface area contributed by atoms with E-state index in [4.69, 9.17) is 4.98 Å². The summed E-state index contributed by atoms with van der Waals surface area (Å²) >= 11 is 0. The molecule has 3 heteroatoms. The number of hydrogen-bond acceptors (Lipinski definition) is 2. The molecule has 1 aliphatic heterocycles. The van der Waals surface area contributed by atoms with Crippen LogP contribution in [0.1, 0.15) is 30.8 Å². The summed E-state index contributed by atoms with van der Waals surface area (Å²) < 4.78 is 2.35. The molecule has 0 saturated carbocycles. The fourth-order valence-corrected chi connectivity index (χ4v) is 3.50. The largest absolute Gasteiger partial charge is 0.331 e. The number of hydrogen-bond donors (Lipinski definition) is 1. The van der Waals surface area contributed by atoms with Crippen LogP contribution in [0.25, 0.3) is 11.3 Å². The van der Waals surface area contributed by atoms with Crippen molar-refractivity contribution in [2.75, 3.05) is 0 Å². The number of nitrogens with zero attached hydrogens (tertiary/aromatic N) is 2. The van der Waals surface area contributed by atoms with Gasteiger partial charge in [-0.05, 0) is 18.4 Å². The Hall–Kier alpha value is -2.39. The highest BCUT2D eigenvalue weighted by atomic mass is 15.2. The van der Waals surface area contributed by atoms with Crippen LogP contribution in [0.3, 0.4) is 0 Å². The first-order valence-electron chi connectivity index (χ1n) is 8.76. The van der Waals surface area contributed by atoms with Crippen molar-refractivity contribution in [1.29, 1.82) is 0 Å². The lowest BCUT2D eigenvalue weighted by molar-refractivity contribution is 0.317. The smallest absolute Gasteiger partial charge is 0.127 e. The zero-order valence-corrected chi connectivity index (χ0v) is 14.0. The van der Waals surface area contributed by atoms with Crippen LogP contribution >= 0.6 is 0 Å². The predicted molar refractivity (Wildman–Crippen MR) is 97.8 cm³/mol. The van der Waals surface area contributed by atoms with Gasteiger partial charge in [-0.25, -0.2) is 4.98 Å². The lowest BCUT2D eigenvalue weighted by Crippen LogP contribution is -2.42. The summed E-state index contributed by atoms with van der Waals surface area (Å²) in [7, 11) is 0. The molecule has 1 aromatic heterocycles. The molecule has 0 spiro atoms. The van der Waals surface area contributed by atoms with Gasteiger partial charge in [0.05, 0.1) is 11.7 Å². The van der Waals surface area contributed by atoms with Gasteiger partial charge in [-0.3, -0.25) is 0 Å². The van der Waals surface area contributed by atoms with Crippen LogP contribution < -0.4 is 5.32 Å². The van der Waals surface area contributed by atoms with Crippen molar-refractivity contribution in [3.63, 3.8) is 0 Å². The van der Waals surface area contributed by atoms with Crippen molar-refractivity contribution in [2.45, 2.75) is 38.4 Å². The third-order valence-electron chi connectivity index (χ3n) is 4.82. The molecule has 122 valence electrons. The van der Waals surface area contributed by atoms with E-state index in [-0.39, 0.29) is 6.04 Å². The molecular weight excluding hydrogens is 294 g/mol. The second-order valence-corrected chi connectivity index (χ2v) is 6.52. The lowest BCUT2D eigenvalue weighted by atomic mass is 10.0. The van der Waals surface area contributed by atoms with Gasteiger partial charge >= 0.3 is 0 Å². The molecule has 2 heterocycles. The minimum atomic E-state index is 0.267. The number of fused-ring (bicyclic) bond motifs is 1. The van der Waals surface area contributed by atoms with E-state index in [9.17, 15) is 0 Å². The van der Waals surface area contributed by atoms with E-state index in [1.807, 2.05) is 6.07 Å². The van der Waals surface area contributed by atoms with Crippen LogP contribution in [-0.4, -0.2) is 15.6 Å². The van der Waals surface area contributed by atoms with Gasteiger partial charge in [-0.2, -0.15) is 0 Å². The normalized spacial score (nSPS) is 19.9. The van der Waals surface area contributed by atoms with Gasteiger partial charge in [0, 0.05) is 24.3 Å². The highest BCUT2D eigenvalue weighted by molar-refractivity contribution is 5.58. The molecular formula is C21H23N3. The maximum Gasteiger partial charge on any atom is 0.127 e. The Kier molecular flexibility index (Phi) is 4.18. The zero-order valence-electron chi connectivity index (χ0n) is 14.0. The van der Waals surface area contributed by atoms with Crippen LogP contribution in [0, 0.1) is 0 Å². The quantitative estimate of drug-likeness (QED) is 0.781. The van der Waals surface area contributed by atoms with Gasteiger partial charge in [0.2, 0.25) is 0 Å². The number of rotatable bonds is 4. The molecule has 2 aromatic carbocycles. The van der Waals surface area contributed by atoms with Crippen molar-refractivity contribution >= 4 is 0 Å². The Balaban J connectivity index is 1.68. The second-order valence-electron chi connectivity index (χ2n) is 6.52. The summed E-state index contributed by atoms with van der Waals surface area (Å²) in [6.07, 6.45) is 4.32. The van der Waals surface area contributed by atoms with Crippen molar-refractivity contribution in [3.8, 4) is 11.3 Å². The van der Waals surface area contributed by atoms with E-state index in [2.05, 4.69) is 77.6 Å². The maximum absolute atomic E-state index is 4.97. The molecule has 0 bridgehead atoms. The Labute approximate surface area is 143 Å². The van der Waals surface area contributed by atoms with Crippen LogP contribution in [0.2, 0.25) is 0 Å². The highest BCUT2D eigenvalue weighted by Gasteiger charge is 2.27. The molecule has 3 nitrogen and oxygen atoms in total. The summed E-state index contributed by atoms with van der Waals surface area (Å²) in [5, 5.41) is 3.79. The first-order chi connectivity index (χ1) is 11.8. The molecule has 0 aliphatic carbocycles. The molecule has 1 aliphatic rings. The van der Waals surface area contributed by atoms with E-state index < -0.39 is 0 Å². The SMILES string of the molecule is CCC1Cn2cc(-c3ccccc3)nc2C(Cc2ccccc2)N1. The highest BCUT2D eigenvalue weighted by Crippen LogP contribution is 2.28. The average molecular weight is 317 g/mol. The van der Waals surface area contributed by atoms with Gasteiger partial charge in [0.1, 0.15) is 5.82 Å². The fraction of sp³-hybridized carbons (Fsp3) is 0.286. The minimum absolute atomic E-state index is 0.267. The lowest BCUT2D eigenvalue weighted by Gasteiger charge is -2.31. The van der Waals surface area contributed by atoms with E-state index in [0.29, 0.717) is 6.04 Å². The Bertz CT molecular complexity index is 792. The summed E-state index contributed by atoms with van der Waals surface area (Å²) in [5.74, 6) is 1.16. The fourth-order valence-electron chi connectivity index (χ4n) is 3.50. The second kappa shape index (κ2) is 6.62. The van der Waals surface area contributed by atoms with Crippen LogP contribution in [0.4, 0.5) is 0 Å². The zero-order chi connectivity index (χ0) is 16.4. The van der Waals surface area contributed by atoms with Crippen LogP contribution in [0.5, 0.6) is 0 Å². The molecule has 2 unspecified atom stereocenters. The summed E-state index contributed by atoms with van der Waals surface area (Å²) in [4.78, 5) is 4.97. The maximum atomic E-state index is 4.97. The Morgan fingerprint density at radius 1 is 1.04 bits per heavy atom. The molecule has 2 atom stereocenters. The van der Waals surface area contributed by atoms with Crippen molar-refractivity contribution < 1.29 is 0 Å². The van der Waals surface area contributed by atoms with Crippen LogP contribution in [-0.2, 0) is 13.0 Å². The standard InChI is InChI=1S/C21H23N3/c1-2-18-14-24-15-20(17-11-7-4-8-12-17)23-21(24)19(22-18)13-16-9-5-3-6-10-16/h3-12,15,18-19,22H,2,13-14H2,1H3. The number of nitrogens with one attached hydrogen (secondary N) is 1. The molecule has 0 amide bonds. The molecule has 1 N–H and O–H groups in total. The van der Waals surface area contributed by atoms with Crippen molar-refractivity contribution in [1.82, 2.24) is 14.9 Å². The number of aromatic nitrogens is 2. The number of benzene rings is 2. The summed E-state index contributed by atoms with van der Waals surface area (Å²) in [6, 6.07) is 21.9. The van der Waals surface area contributed by atoms with E-state index in [1.54, 1.807) is 0 Å². The van der Waals surface area contributed by atoms with Gasteiger partial charge in [0.15, 0.2) is 0 Å². The molecule has 24 heavy (non-hydrogen) atoms. The minimum Gasteiger partial charge on any atom is -0.331 e. The van der Waals surface area contributed by atoms with Crippen LogP contribution in [0.15, 0.2) is 66.9 Å². The molecule has 3 aromatic rings. The molecule has 4 rings (SSSR count). The predicted octanol–water partition coefficient (Wildman–Crippen LogP) is 4.22. The van der Waals surface area contributed by atoms with Crippen molar-refractivity contribution in [3.05, 3.63) is 78.2 Å². The summed E-state index contributed by atoms with van der Waals surface area (Å²) in [6.45, 7) is 3.24. The Morgan fingerprint density at radius 3 is 2.46 bits per heavy atom. The molecule has 0 saturated heterocycles. The van der Waals surface area contributed by atoms with E-state index in [0.717, 1.165) is 30.9 Å². The van der Waals surface area contributed by atoms with Gasteiger partial charge in [-0.15, -0.1) is 0 Å². The molecule has 0 fully saturated rings. The third-order valence-corrected chi connectivity index (χ3v) is 4.82. The van der Waals surface area contributed by atoms with Gasteiger partial charge in [0.25, 0.3) is 0 Å². The topological polar surface area (TPSA) is 29.9 Å². The first kappa shape index (κ1) is 15.2. The van der Waals surface area contributed by atoms with E-state index in [1.165, 1.54) is 11.1 Å². The summed E-state index contributed by atoms with van der Waals surface area (Å²) in [5.41, 5.74) is 3.61. The van der Waals surface area contributed by atoms with Crippen molar-refractivity contribution in [2.24, 2.45) is 0 Å². The number of imidazole rings is 1. The van der Waals surface area contributed by atoms with Gasteiger partial charge in [-0.1, -0.05) is 67.6 Å². The monoisotopic (exact) mass is 317 g/mol.